The summed E-state index contributed by atoms with van der Waals surface area (Å²) in [5.41, 5.74) is 1.51. The molecule has 2 heterocycles. The average Bonchev–Trinajstić information content (AvgIpc) is 3.03. The number of aryl methyl sites for hydroxylation is 1. The molecule has 6 nitrogen and oxygen atoms in total. The van der Waals surface area contributed by atoms with Crippen LogP contribution in [0.4, 0.5) is 0 Å². The van der Waals surface area contributed by atoms with Crippen LogP contribution < -0.4 is 10.0 Å². The average molecular weight is 332 g/mol. The monoisotopic (exact) mass is 332 g/mol. The minimum atomic E-state index is -3.55. The van der Waals surface area contributed by atoms with Crippen LogP contribution in [0.5, 0.6) is 0 Å². The molecule has 1 unspecified atom stereocenters. The van der Waals surface area contributed by atoms with E-state index < -0.39 is 10.0 Å². The first-order valence-corrected chi connectivity index (χ1v) is 9.82. The van der Waals surface area contributed by atoms with Crippen LogP contribution in [-0.4, -0.2) is 42.2 Å². The molecule has 0 bridgehead atoms. The number of nitrogens with zero attached hydrogens (tertiary/aromatic N) is 1. The second-order valence-corrected chi connectivity index (χ2v) is 8.75. The zero-order chi connectivity index (χ0) is 15.5. The summed E-state index contributed by atoms with van der Waals surface area (Å²) >= 11 is 1.83. The van der Waals surface area contributed by atoms with E-state index in [0.717, 1.165) is 23.4 Å². The molecule has 120 valence electrons. The Morgan fingerprint density at radius 2 is 2.24 bits per heavy atom. The molecule has 2 rings (SSSR count). The van der Waals surface area contributed by atoms with Crippen molar-refractivity contribution in [1.29, 1.82) is 0 Å². The second kappa shape index (κ2) is 7.13. The summed E-state index contributed by atoms with van der Waals surface area (Å²) in [7, 11) is -3.55. The molecule has 1 atom stereocenters. The van der Waals surface area contributed by atoms with Gasteiger partial charge < -0.3 is 5.32 Å². The van der Waals surface area contributed by atoms with E-state index in [4.69, 9.17) is 0 Å². The van der Waals surface area contributed by atoms with Gasteiger partial charge in [-0.25, -0.2) is 13.1 Å². The lowest BCUT2D eigenvalue weighted by Gasteiger charge is -2.12. The summed E-state index contributed by atoms with van der Waals surface area (Å²) in [6, 6.07) is 0.290. The quantitative estimate of drug-likeness (QED) is 0.702. The summed E-state index contributed by atoms with van der Waals surface area (Å²) in [5.74, 6) is 1.12. The molecule has 1 aliphatic rings. The highest BCUT2D eigenvalue weighted by molar-refractivity contribution is 8.00. The van der Waals surface area contributed by atoms with Gasteiger partial charge in [0.15, 0.2) is 5.03 Å². The number of aromatic amines is 1. The highest BCUT2D eigenvalue weighted by atomic mass is 32.2. The minimum absolute atomic E-state index is 0.121. The van der Waals surface area contributed by atoms with Crippen molar-refractivity contribution in [3.8, 4) is 0 Å². The molecule has 1 aromatic rings. The maximum atomic E-state index is 12.4. The van der Waals surface area contributed by atoms with Gasteiger partial charge in [0.2, 0.25) is 0 Å². The minimum Gasteiger partial charge on any atom is -0.310 e. The van der Waals surface area contributed by atoms with Crippen LogP contribution in [0.1, 0.15) is 37.9 Å². The van der Waals surface area contributed by atoms with Crippen molar-refractivity contribution in [3.05, 3.63) is 11.3 Å². The molecule has 8 heteroatoms. The molecule has 0 aliphatic carbocycles. The molecule has 21 heavy (non-hydrogen) atoms. The molecule has 3 N–H and O–H groups in total. The van der Waals surface area contributed by atoms with Gasteiger partial charge in [-0.1, -0.05) is 13.8 Å². The SMILES string of the molecule is Cc1[nH]nc(S(=O)(=O)NCC2CCCS2)c1CNC(C)C. The molecule has 0 amide bonds. The number of sulfonamides is 1. The van der Waals surface area contributed by atoms with Gasteiger partial charge in [0.05, 0.1) is 0 Å². The van der Waals surface area contributed by atoms with Crippen LogP contribution >= 0.6 is 11.8 Å². The number of aromatic nitrogens is 2. The lowest BCUT2D eigenvalue weighted by atomic mass is 10.2. The molecule has 0 spiro atoms. The van der Waals surface area contributed by atoms with Crippen molar-refractivity contribution >= 4 is 21.8 Å². The first kappa shape index (κ1) is 16.8. The van der Waals surface area contributed by atoms with Gasteiger partial charge >= 0.3 is 0 Å². The second-order valence-electron chi connectivity index (χ2n) is 5.65. The zero-order valence-corrected chi connectivity index (χ0v) is 14.4. The summed E-state index contributed by atoms with van der Waals surface area (Å²) in [5, 5.41) is 10.5. The fourth-order valence-electron chi connectivity index (χ4n) is 2.24. The Morgan fingerprint density at radius 1 is 1.48 bits per heavy atom. The van der Waals surface area contributed by atoms with Crippen molar-refractivity contribution in [1.82, 2.24) is 20.2 Å². The van der Waals surface area contributed by atoms with E-state index in [0.29, 0.717) is 18.3 Å². The number of rotatable bonds is 7. The number of nitrogens with one attached hydrogen (secondary N) is 3. The highest BCUT2D eigenvalue weighted by Gasteiger charge is 2.25. The first-order chi connectivity index (χ1) is 9.90. The summed E-state index contributed by atoms with van der Waals surface area (Å²) in [4.78, 5) is 0. The fraction of sp³-hybridized carbons (Fsp3) is 0.769. The van der Waals surface area contributed by atoms with Gasteiger partial charge in [-0.2, -0.15) is 16.9 Å². The Kier molecular flexibility index (Phi) is 5.70. The third-order valence-electron chi connectivity index (χ3n) is 3.50. The van der Waals surface area contributed by atoms with Crippen molar-refractivity contribution in [2.45, 2.75) is 56.5 Å². The Hall–Kier alpha value is -0.570. The van der Waals surface area contributed by atoms with Gasteiger partial charge in [0.25, 0.3) is 10.0 Å². The Bertz CT molecular complexity index is 563. The molecule has 0 saturated carbocycles. The Morgan fingerprint density at radius 3 is 2.86 bits per heavy atom. The van der Waals surface area contributed by atoms with Crippen molar-refractivity contribution in [3.63, 3.8) is 0 Å². The highest BCUT2D eigenvalue weighted by Crippen LogP contribution is 2.26. The summed E-state index contributed by atoms with van der Waals surface area (Å²) < 4.78 is 27.6. The lowest BCUT2D eigenvalue weighted by molar-refractivity contribution is 0.562. The maximum Gasteiger partial charge on any atom is 0.260 e. The van der Waals surface area contributed by atoms with Gasteiger partial charge in [-0.3, -0.25) is 5.10 Å². The van der Waals surface area contributed by atoms with E-state index in [1.807, 2.05) is 32.5 Å². The van der Waals surface area contributed by atoms with Crippen LogP contribution in [0, 0.1) is 6.92 Å². The van der Waals surface area contributed by atoms with Crippen LogP contribution in [-0.2, 0) is 16.6 Å². The van der Waals surface area contributed by atoms with Crippen LogP contribution in [0.25, 0.3) is 0 Å². The maximum absolute atomic E-state index is 12.4. The third-order valence-corrected chi connectivity index (χ3v) is 6.29. The molecule has 0 aromatic carbocycles. The topological polar surface area (TPSA) is 86.9 Å². The van der Waals surface area contributed by atoms with Crippen LogP contribution in [0.15, 0.2) is 5.03 Å². The Balaban J connectivity index is 2.07. The lowest BCUT2D eigenvalue weighted by Crippen LogP contribution is -2.31. The number of hydrogen-bond acceptors (Lipinski definition) is 5. The zero-order valence-electron chi connectivity index (χ0n) is 12.8. The van der Waals surface area contributed by atoms with Crippen LogP contribution in [0.2, 0.25) is 0 Å². The van der Waals surface area contributed by atoms with Crippen LogP contribution in [0.3, 0.4) is 0 Å². The van der Waals surface area contributed by atoms with E-state index in [2.05, 4.69) is 20.2 Å². The normalized spacial score (nSPS) is 19.5. The number of H-pyrrole nitrogens is 1. The standard InChI is InChI=1S/C13H24N4O2S2/c1-9(2)14-8-12-10(3)16-17-13(12)21(18,19)15-7-11-5-4-6-20-11/h9,11,14-15H,4-8H2,1-3H3,(H,16,17). The molecular formula is C13H24N4O2S2. The van der Waals surface area contributed by atoms with E-state index in [9.17, 15) is 8.42 Å². The molecule has 1 aromatic heterocycles. The summed E-state index contributed by atoms with van der Waals surface area (Å²) in [6.45, 7) is 6.87. The number of thioether (sulfide) groups is 1. The first-order valence-electron chi connectivity index (χ1n) is 7.28. The van der Waals surface area contributed by atoms with E-state index in [-0.39, 0.29) is 11.1 Å². The van der Waals surface area contributed by atoms with E-state index in [1.54, 1.807) is 0 Å². The predicted octanol–water partition coefficient (Wildman–Crippen LogP) is 1.39. The summed E-state index contributed by atoms with van der Waals surface area (Å²) in [6.07, 6.45) is 2.25. The third kappa shape index (κ3) is 4.45. The van der Waals surface area contributed by atoms with Crippen molar-refractivity contribution in [2.75, 3.05) is 12.3 Å². The van der Waals surface area contributed by atoms with E-state index >= 15 is 0 Å². The van der Waals surface area contributed by atoms with Gasteiger partial charge in [-0.05, 0) is 25.5 Å². The van der Waals surface area contributed by atoms with Gasteiger partial charge in [0.1, 0.15) is 0 Å². The number of hydrogen-bond donors (Lipinski definition) is 3. The van der Waals surface area contributed by atoms with Gasteiger partial charge in [-0.15, -0.1) is 0 Å². The molecular weight excluding hydrogens is 308 g/mol. The van der Waals surface area contributed by atoms with E-state index in [1.165, 1.54) is 6.42 Å². The fourth-order valence-corrected chi connectivity index (χ4v) is 4.82. The molecule has 1 fully saturated rings. The van der Waals surface area contributed by atoms with Crippen molar-refractivity contribution in [2.24, 2.45) is 0 Å². The predicted molar refractivity (Wildman–Crippen MR) is 86.0 cm³/mol. The van der Waals surface area contributed by atoms with Gasteiger partial charge in [0, 0.05) is 35.6 Å². The Labute approximate surface area is 130 Å². The molecule has 0 radical (unpaired) electrons. The molecule has 1 saturated heterocycles. The smallest absolute Gasteiger partial charge is 0.260 e. The largest absolute Gasteiger partial charge is 0.310 e. The van der Waals surface area contributed by atoms with Crippen molar-refractivity contribution < 1.29 is 8.42 Å². The molecule has 1 aliphatic heterocycles.